The van der Waals surface area contributed by atoms with Crippen LogP contribution in [0.4, 0.5) is 0 Å². The molecule has 0 spiro atoms. The molecule has 0 atom stereocenters. The minimum atomic E-state index is 0.642. The normalized spacial score (nSPS) is 10.9. The Kier molecular flexibility index (Phi) is 6.89. The minimum absolute atomic E-state index is 0.642. The van der Waals surface area contributed by atoms with Gasteiger partial charge in [0.1, 0.15) is 6.33 Å². The Labute approximate surface area is 245 Å². The molecule has 0 N–H and O–H groups in total. The van der Waals surface area contributed by atoms with Crippen LogP contribution in [0.1, 0.15) is 22.3 Å². The number of rotatable bonds is 6. The van der Waals surface area contributed by atoms with Gasteiger partial charge in [0.25, 0.3) is 0 Å². The van der Waals surface area contributed by atoms with Gasteiger partial charge in [-0.15, -0.1) is 0 Å². The Morgan fingerprint density at radius 3 is 1.43 bits per heavy atom. The Hall–Kier alpha value is -5.67. The topological polar surface area (TPSA) is 38.7 Å². The van der Waals surface area contributed by atoms with Crippen LogP contribution in [0.3, 0.4) is 0 Å². The molecule has 0 saturated carbocycles. The molecule has 1 aromatic heterocycles. The molecule has 1 heterocycles. The van der Waals surface area contributed by atoms with Crippen molar-refractivity contribution in [3.63, 3.8) is 0 Å². The van der Waals surface area contributed by atoms with Gasteiger partial charge >= 0.3 is 0 Å². The van der Waals surface area contributed by atoms with E-state index in [1.165, 1.54) is 11.0 Å². The smallest absolute Gasteiger partial charge is 0.163 e. The molecule has 42 heavy (non-hydrogen) atoms. The molecule has 0 aliphatic rings. The zero-order valence-corrected chi connectivity index (χ0v) is 22.9. The minimum Gasteiger partial charge on any atom is -0.217 e. The summed E-state index contributed by atoms with van der Waals surface area (Å²) >= 11 is 0. The lowest BCUT2D eigenvalue weighted by molar-refractivity contribution is 1.07. The van der Waals surface area contributed by atoms with E-state index in [9.17, 15) is 0 Å². The highest BCUT2D eigenvalue weighted by atomic mass is 15.0. The van der Waals surface area contributed by atoms with Crippen LogP contribution in [0.25, 0.3) is 44.7 Å². The van der Waals surface area contributed by atoms with Crippen molar-refractivity contribution in [3.05, 3.63) is 186 Å². The van der Waals surface area contributed by atoms with Gasteiger partial charge in [-0.2, -0.15) is 0 Å². The molecule has 7 rings (SSSR count). The molecule has 198 valence electrons. The highest BCUT2D eigenvalue weighted by molar-refractivity contribution is 6.04. The molecule has 7 aromatic rings. The summed E-state index contributed by atoms with van der Waals surface area (Å²) in [6, 6.07) is 54.9. The second kappa shape index (κ2) is 11.4. The lowest BCUT2D eigenvalue weighted by atomic mass is 9.85. The Bertz CT molecular complexity index is 1970. The standard InChI is InChI=1S/C39H27N3/c1-4-14-29(15-5-1)36(30-16-6-2-7-17-30)37(31-18-8-3-9-19-31)33-21-12-22-34(26-33)38-40-27-41-39(42-38)35-24-23-28-13-10-11-20-32(28)25-35/h1-27H. The average Bonchev–Trinajstić information content (AvgIpc) is 3.08. The molecule has 0 bridgehead atoms. The Morgan fingerprint density at radius 1 is 0.357 bits per heavy atom. The van der Waals surface area contributed by atoms with Crippen molar-refractivity contribution in [1.82, 2.24) is 15.0 Å². The molecule has 0 amide bonds. The van der Waals surface area contributed by atoms with Gasteiger partial charge in [0.15, 0.2) is 11.6 Å². The van der Waals surface area contributed by atoms with Crippen molar-refractivity contribution in [2.75, 3.05) is 0 Å². The first-order valence-corrected chi connectivity index (χ1v) is 14.0. The van der Waals surface area contributed by atoms with E-state index in [4.69, 9.17) is 4.98 Å². The zero-order chi connectivity index (χ0) is 28.1. The van der Waals surface area contributed by atoms with Gasteiger partial charge in [0.2, 0.25) is 0 Å². The first kappa shape index (κ1) is 25.3. The van der Waals surface area contributed by atoms with Crippen LogP contribution < -0.4 is 0 Å². The largest absolute Gasteiger partial charge is 0.217 e. The Morgan fingerprint density at radius 2 is 0.833 bits per heavy atom. The molecular formula is C39H27N3. The molecule has 0 saturated heterocycles. The molecule has 3 heteroatoms. The highest BCUT2D eigenvalue weighted by Crippen LogP contribution is 2.37. The second-order valence-corrected chi connectivity index (χ2v) is 10.1. The van der Waals surface area contributed by atoms with E-state index in [0.29, 0.717) is 11.6 Å². The summed E-state index contributed by atoms with van der Waals surface area (Å²) in [5.41, 5.74) is 8.78. The van der Waals surface area contributed by atoms with Crippen LogP contribution in [0.5, 0.6) is 0 Å². The lowest BCUT2D eigenvalue weighted by Gasteiger charge is -2.18. The maximum absolute atomic E-state index is 4.92. The maximum Gasteiger partial charge on any atom is 0.163 e. The van der Waals surface area contributed by atoms with Crippen molar-refractivity contribution in [1.29, 1.82) is 0 Å². The third-order valence-corrected chi connectivity index (χ3v) is 7.43. The van der Waals surface area contributed by atoms with Gasteiger partial charge in [-0.1, -0.05) is 146 Å². The van der Waals surface area contributed by atoms with Crippen LogP contribution in [-0.4, -0.2) is 15.0 Å². The number of nitrogens with zero attached hydrogens (tertiary/aromatic N) is 3. The van der Waals surface area contributed by atoms with Crippen LogP contribution in [0, 0.1) is 0 Å². The fourth-order valence-electron chi connectivity index (χ4n) is 5.44. The monoisotopic (exact) mass is 537 g/mol. The Balaban J connectivity index is 1.40. The first-order valence-electron chi connectivity index (χ1n) is 14.0. The van der Waals surface area contributed by atoms with Crippen molar-refractivity contribution in [3.8, 4) is 22.8 Å². The fraction of sp³-hybridized carbons (Fsp3) is 0. The van der Waals surface area contributed by atoms with Crippen LogP contribution in [-0.2, 0) is 0 Å². The quantitative estimate of drug-likeness (QED) is 0.198. The molecule has 3 nitrogen and oxygen atoms in total. The van der Waals surface area contributed by atoms with E-state index < -0.39 is 0 Å². The maximum atomic E-state index is 4.92. The van der Waals surface area contributed by atoms with Crippen LogP contribution in [0.2, 0.25) is 0 Å². The van der Waals surface area contributed by atoms with Crippen molar-refractivity contribution >= 4 is 21.9 Å². The van der Waals surface area contributed by atoms with Crippen LogP contribution in [0.15, 0.2) is 164 Å². The SMILES string of the molecule is c1ccc(C(=C(c2ccccc2)c2cccc(-c3ncnc(-c4ccc5ccccc5c4)n3)c2)c2ccccc2)cc1. The van der Waals surface area contributed by atoms with E-state index in [1.807, 2.05) is 6.07 Å². The zero-order valence-electron chi connectivity index (χ0n) is 22.9. The molecule has 0 aliphatic carbocycles. The van der Waals surface area contributed by atoms with E-state index in [1.54, 1.807) is 6.33 Å². The van der Waals surface area contributed by atoms with Gasteiger partial charge in [-0.3, -0.25) is 0 Å². The second-order valence-electron chi connectivity index (χ2n) is 10.1. The summed E-state index contributed by atoms with van der Waals surface area (Å²) in [4.78, 5) is 14.0. The number of hydrogen-bond donors (Lipinski definition) is 0. The molecule has 0 fully saturated rings. The number of fused-ring (bicyclic) bond motifs is 1. The summed E-state index contributed by atoms with van der Waals surface area (Å²) in [6.45, 7) is 0. The van der Waals surface area contributed by atoms with E-state index in [2.05, 4.69) is 162 Å². The average molecular weight is 538 g/mol. The van der Waals surface area contributed by atoms with Crippen LogP contribution >= 0.6 is 0 Å². The van der Waals surface area contributed by atoms with Gasteiger partial charge in [0, 0.05) is 11.1 Å². The molecule has 6 aromatic carbocycles. The molecule has 0 aliphatic heterocycles. The molecule has 0 unspecified atom stereocenters. The summed E-state index contributed by atoms with van der Waals surface area (Å²) in [6.07, 6.45) is 1.60. The predicted molar refractivity (Wildman–Crippen MR) is 173 cm³/mol. The van der Waals surface area contributed by atoms with Gasteiger partial charge < -0.3 is 0 Å². The summed E-state index contributed by atoms with van der Waals surface area (Å²) < 4.78 is 0. The lowest BCUT2D eigenvalue weighted by Crippen LogP contribution is -1.99. The summed E-state index contributed by atoms with van der Waals surface area (Å²) in [5, 5.41) is 2.35. The first-order chi connectivity index (χ1) is 20.8. The number of aromatic nitrogens is 3. The molecular weight excluding hydrogens is 510 g/mol. The van der Waals surface area contributed by atoms with E-state index in [0.717, 1.165) is 44.3 Å². The number of hydrogen-bond acceptors (Lipinski definition) is 3. The van der Waals surface area contributed by atoms with Crippen molar-refractivity contribution < 1.29 is 0 Å². The van der Waals surface area contributed by atoms with E-state index in [-0.39, 0.29) is 0 Å². The third-order valence-electron chi connectivity index (χ3n) is 7.43. The fourth-order valence-corrected chi connectivity index (χ4v) is 5.44. The highest BCUT2D eigenvalue weighted by Gasteiger charge is 2.17. The van der Waals surface area contributed by atoms with Gasteiger partial charge in [0.05, 0.1) is 0 Å². The predicted octanol–water partition coefficient (Wildman–Crippen LogP) is 9.37. The third kappa shape index (κ3) is 5.12. The number of benzene rings is 6. The summed E-state index contributed by atoms with van der Waals surface area (Å²) in [7, 11) is 0. The van der Waals surface area contributed by atoms with Gasteiger partial charge in [-0.05, 0) is 56.3 Å². The van der Waals surface area contributed by atoms with Crippen molar-refractivity contribution in [2.24, 2.45) is 0 Å². The van der Waals surface area contributed by atoms with E-state index >= 15 is 0 Å². The molecule has 0 radical (unpaired) electrons. The van der Waals surface area contributed by atoms with Crippen molar-refractivity contribution in [2.45, 2.75) is 0 Å². The van der Waals surface area contributed by atoms with Gasteiger partial charge in [-0.25, -0.2) is 15.0 Å². The summed E-state index contributed by atoms with van der Waals surface area (Å²) in [5.74, 6) is 1.30.